The lowest BCUT2D eigenvalue weighted by Gasteiger charge is -2.13. The van der Waals surface area contributed by atoms with Crippen LogP contribution in [0.25, 0.3) is 11.2 Å². The van der Waals surface area contributed by atoms with Gasteiger partial charge in [-0.05, 0) is 42.9 Å². The highest BCUT2D eigenvalue weighted by Crippen LogP contribution is 2.28. The summed E-state index contributed by atoms with van der Waals surface area (Å²) in [4.78, 5) is 12.6. The van der Waals surface area contributed by atoms with Crippen molar-refractivity contribution in [3.8, 4) is 17.8 Å². The van der Waals surface area contributed by atoms with Crippen LogP contribution in [0.4, 0.5) is 5.82 Å². The van der Waals surface area contributed by atoms with Crippen LogP contribution in [0.3, 0.4) is 0 Å². The Morgan fingerprint density at radius 3 is 2.92 bits per heavy atom. The minimum atomic E-state index is -0.150. The Hall–Kier alpha value is -3.03. The molecule has 0 fully saturated rings. The number of aromatic hydroxyl groups is 1. The van der Waals surface area contributed by atoms with Crippen molar-refractivity contribution in [1.82, 2.24) is 19.5 Å². The SMILES string of the molecule is COc1ccc2cc1CCCCCOc1nc(N)c3nc(O)n(c3n1)C2. The molecule has 0 amide bonds. The van der Waals surface area contributed by atoms with Crippen molar-refractivity contribution in [3.05, 3.63) is 29.3 Å². The van der Waals surface area contributed by atoms with Gasteiger partial charge >= 0.3 is 6.01 Å². The number of imidazole rings is 1. The van der Waals surface area contributed by atoms with Crippen LogP contribution >= 0.6 is 0 Å². The van der Waals surface area contributed by atoms with E-state index in [0.29, 0.717) is 24.3 Å². The molecule has 3 N–H and O–H groups in total. The largest absolute Gasteiger partial charge is 0.496 e. The highest BCUT2D eigenvalue weighted by molar-refractivity contribution is 5.83. The van der Waals surface area contributed by atoms with Gasteiger partial charge in [0.2, 0.25) is 0 Å². The van der Waals surface area contributed by atoms with Gasteiger partial charge in [-0.2, -0.15) is 15.0 Å². The van der Waals surface area contributed by atoms with Crippen molar-refractivity contribution in [3.63, 3.8) is 0 Å². The zero-order valence-corrected chi connectivity index (χ0v) is 14.6. The highest BCUT2D eigenvalue weighted by atomic mass is 16.5. The molecule has 0 aliphatic carbocycles. The van der Waals surface area contributed by atoms with E-state index >= 15 is 0 Å². The first kappa shape index (κ1) is 16.4. The average molecular weight is 355 g/mol. The van der Waals surface area contributed by atoms with Crippen molar-refractivity contribution in [2.75, 3.05) is 19.5 Å². The van der Waals surface area contributed by atoms with E-state index < -0.39 is 0 Å². The lowest BCUT2D eigenvalue weighted by molar-refractivity contribution is 0.283. The number of nitrogens with two attached hydrogens (primary N) is 1. The van der Waals surface area contributed by atoms with Crippen LogP contribution < -0.4 is 15.2 Å². The van der Waals surface area contributed by atoms with E-state index in [1.165, 1.54) is 0 Å². The van der Waals surface area contributed by atoms with Crippen LogP contribution in [0.15, 0.2) is 18.2 Å². The molecule has 0 saturated carbocycles. The Morgan fingerprint density at radius 2 is 2.08 bits per heavy atom. The number of rotatable bonds is 1. The van der Waals surface area contributed by atoms with Gasteiger partial charge in [-0.3, -0.25) is 4.57 Å². The fourth-order valence-electron chi connectivity index (χ4n) is 3.27. The lowest BCUT2D eigenvalue weighted by Crippen LogP contribution is -2.07. The minimum absolute atomic E-state index is 0.150. The molecular weight excluding hydrogens is 334 g/mol. The van der Waals surface area contributed by atoms with Crippen LogP contribution in [-0.4, -0.2) is 38.3 Å². The number of ether oxygens (including phenoxy) is 2. The number of aromatic nitrogens is 4. The number of hydrogen-bond donors (Lipinski definition) is 2. The van der Waals surface area contributed by atoms with Crippen molar-refractivity contribution >= 4 is 17.0 Å². The van der Waals surface area contributed by atoms with Crippen molar-refractivity contribution in [2.24, 2.45) is 0 Å². The van der Waals surface area contributed by atoms with Crippen molar-refractivity contribution < 1.29 is 14.6 Å². The van der Waals surface area contributed by atoms with Crippen LogP contribution in [0.2, 0.25) is 0 Å². The molecule has 0 unspecified atom stereocenters. The minimum Gasteiger partial charge on any atom is -0.496 e. The fraction of sp³-hybridized carbons (Fsp3) is 0.389. The standard InChI is InChI=1S/C18H21N5O3/c1-25-13-7-6-11-9-12(13)5-3-2-4-8-26-17-21-15(19)14-16(22-17)23(10-11)18(24)20-14/h6-7,9H,2-5,8,10H2,1H3,(H,20,24)(H2,19,21,22). The number of anilines is 1. The number of methoxy groups -OCH3 is 1. The average Bonchev–Trinajstić information content (AvgIpc) is 2.94. The number of fused-ring (bicyclic) bond motifs is 3. The molecule has 2 aromatic heterocycles. The maximum Gasteiger partial charge on any atom is 0.320 e. The molecule has 1 aliphatic rings. The molecule has 1 aliphatic heterocycles. The molecule has 3 heterocycles. The second-order valence-electron chi connectivity index (χ2n) is 6.37. The first-order valence-corrected chi connectivity index (χ1v) is 8.67. The molecule has 0 atom stereocenters. The Balaban J connectivity index is 1.84. The summed E-state index contributed by atoms with van der Waals surface area (Å²) in [5, 5.41) is 10.3. The third-order valence-corrected chi connectivity index (χ3v) is 4.59. The predicted molar refractivity (Wildman–Crippen MR) is 96.5 cm³/mol. The topological polar surface area (TPSA) is 108 Å². The highest BCUT2D eigenvalue weighted by Gasteiger charge is 2.18. The van der Waals surface area contributed by atoms with Gasteiger partial charge in [0.25, 0.3) is 6.01 Å². The van der Waals surface area contributed by atoms with E-state index in [2.05, 4.69) is 21.0 Å². The van der Waals surface area contributed by atoms with Gasteiger partial charge in [0.15, 0.2) is 17.0 Å². The van der Waals surface area contributed by atoms with Crippen LogP contribution in [0.1, 0.15) is 30.4 Å². The number of aryl methyl sites for hydroxylation is 1. The molecule has 0 radical (unpaired) electrons. The molecule has 0 saturated heterocycles. The summed E-state index contributed by atoms with van der Waals surface area (Å²) in [7, 11) is 1.68. The summed E-state index contributed by atoms with van der Waals surface area (Å²) < 4.78 is 12.7. The zero-order chi connectivity index (χ0) is 18.1. The van der Waals surface area contributed by atoms with Crippen molar-refractivity contribution in [2.45, 2.75) is 32.2 Å². The van der Waals surface area contributed by atoms with E-state index in [4.69, 9.17) is 15.2 Å². The molecule has 1 aromatic carbocycles. The molecule has 0 spiro atoms. The van der Waals surface area contributed by atoms with E-state index in [0.717, 1.165) is 42.6 Å². The number of benzene rings is 1. The monoisotopic (exact) mass is 355 g/mol. The molecule has 4 rings (SSSR count). The Morgan fingerprint density at radius 1 is 1.19 bits per heavy atom. The van der Waals surface area contributed by atoms with Gasteiger partial charge < -0.3 is 20.3 Å². The number of nitrogens with zero attached hydrogens (tertiary/aromatic N) is 4. The third kappa shape index (κ3) is 2.98. The Labute approximate surface area is 150 Å². The van der Waals surface area contributed by atoms with Gasteiger partial charge in [-0.15, -0.1) is 0 Å². The van der Waals surface area contributed by atoms with Crippen LogP contribution in [0, 0.1) is 0 Å². The number of hydrogen-bond acceptors (Lipinski definition) is 7. The maximum absolute atomic E-state index is 10.3. The molecule has 3 aromatic rings. The Bertz CT molecular complexity index is 954. The quantitative estimate of drug-likeness (QED) is 0.689. The van der Waals surface area contributed by atoms with Gasteiger partial charge in [0, 0.05) is 0 Å². The first-order valence-electron chi connectivity index (χ1n) is 8.67. The third-order valence-electron chi connectivity index (χ3n) is 4.59. The normalized spacial score (nSPS) is 14.8. The molecular formula is C18H21N5O3. The predicted octanol–water partition coefficient (Wildman–Crippen LogP) is 2.28. The fourth-order valence-corrected chi connectivity index (χ4v) is 3.27. The van der Waals surface area contributed by atoms with E-state index in [9.17, 15) is 5.11 Å². The van der Waals surface area contributed by atoms with Gasteiger partial charge in [-0.1, -0.05) is 12.1 Å². The van der Waals surface area contributed by atoms with E-state index in [1.807, 2.05) is 12.1 Å². The first-order chi connectivity index (χ1) is 12.7. The number of nitrogen functional groups attached to an aromatic ring is 1. The summed E-state index contributed by atoms with van der Waals surface area (Å²) >= 11 is 0. The van der Waals surface area contributed by atoms with Gasteiger partial charge in [0.1, 0.15) is 5.75 Å². The smallest absolute Gasteiger partial charge is 0.320 e. The summed E-state index contributed by atoms with van der Waals surface area (Å²) in [6, 6.07) is 6.11. The second-order valence-corrected chi connectivity index (χ2v) is 6.37. The van der Waals surface area contributed by atoms with E-state index in [1.54, 1.807) is 11.7 Å². The molecule has 136 valence electrons. The summed E-state index contributed by atoms with van der Waals surface area (Å²) in [5.74, 6) is 1.08. The molecule has 26 heavy (non-hydrogen) atoms. The summed E-state index contributed by atoms with van der Waals surface area (Å²) in [6.45, 7) is 0.928. The van der Waals surface area contributed by atoms with Crippen LogP contribution in [0.5, 0.6) is 17.8 Å². The lowest BCUT2D eigenvalue weighted by atomic mass is 10.0. The molecule has 4 bridgehead atoms. The van der Waals surface area contributed by atoms with E-state index in [-0.39, 0.29) is 17.8 Å². The van der Waals surface area contributed by atoms with Crippen molar-refractivity contribution in [1.29, 1.82) is 0 Å². The van der Waals surface area contributed by atoms with Gasteiger partial charge in [-0.25, -0.2) is 0 Å². The summed E-state index contributed by atoms with van der Waals surface area (Å²) in [5.41, 5.74) is 8.98. The van der Waals surface area contributed by atoms with Crippen LogP contribution in [-0.2, 0) is 13.0 Å². The second kappa shape index (κ2) is 6.70. The summed E-state index contributed by atoms with van der Waals surface area (Å²) in [6.07, 6.45) is 3.89. The van der Waals surface area contributed by atoms with Gasteiger partial charge in [0.05, 0.1) is 20.3 Å². The molecule has 8 nitrogen and oxygen atoms in total. The maximum atomic E-state index is 10.3. The zero-order valence-electron chi connectivity index (χ0n) is 14.6. The Kier molecular flexibility index (Phi) is 4.24. The molecule has 8 heteroatoms.